The third-order valence-electron chi connectivity index (χ3n) is 5.46. The average Bonchev–Trinajstić information content (AvgIpc) is 3.32. The number of halogens is 3. The first-order valence-electron chi connectivity index (χ1n) is 9.63. The largest absolute Gasteiger partial charge is 0.454 e. The number of nitrogens with zero attached hydrogens (tertiary/aromatic N) is 3. The second-order valence-corrected chi connectivity index (χ2v) is 7.45. The minimum atomic E-state index is -4.59. The number of fused-ring (bicyclic) bond motifs is 1. The molecule has 0 atom stereocenters. The summed E-state index contributed by atoms with van der Waals surface area (Å²) in [6, 6.07) is 6.26. The Morgan fingerprint density at radius 2 is 1.90 bits per heavy atom. The highest BCUT2D eigenvalue weighted by atomic mass is 19.4. The smallest absolute Gasteiger partial charge is 0.435 e. The fourth-order valence-electron chi connectivity index (χ4n) is 3.95. The van der Waals surface area contributed by atoms with E-state index in [4.69, 9.17) is 9.47 Å². The molecule has 4 rings (SSSR count). The van der Waals surface area contributed by atoms with Crippen molar-refractivity contribution in [2.24, 2.45) is 7.05 Å². The monoisotopic (exact) mass is 409 g/mol. The Labute approximate surface area is 166 Å². The standard InChI is InChI=1S/C20H22F3N3O3/c1-25-15(10-18(24-25)20(21,22)23)19(27)26(14-5-3-2-4-6-14)11-13-7-8-16-17(9-13)29-12-28-16/h7-10,14H,2-6,11-12H2,1H3. The van der Waals surface area contributed by atoms with Crippen molar-refractivity contribution in [2.75, 3.05) is 6.79 Å². The molecule has 6 nitrogen and oxygen atoms in total. The lowest BCUT2D eigenvalue weighted by molar-refractivity contribution is -0.141. The topological polar surface area (TPSA) is 56.6 Å². The van der Waals surface area contributed by atoms with Gasteiger partial charge in [0, 0.05) is 25.7 Å². The Morgan fingerprint density at radius 3 is 2.59 bits per heavy atom. The number of aryl methyl sites for hydroxylation is 1. The van der Waals surface area contributed by atoms with E-state index in [0.29, 0.717) is 11.5 Å². The number of carbonyl (C=O) groups excluding carboxylic acids is 1. The fraction of sp³-hybridized carbons (Fsp3) is 0.500. The van der Waals surface area contributed by atoms with Gasteiger partial charge in [-0.25, -0.2) is 0 Å². The molecule has 1 aliphatic heterocycles. The van der Waals surface area contributed by atoms with Crippen LogP contribution in [0.5, 0.6) is 11.5 Å². The van der Waals surface area contributed by atoms with Gasteiger partial charge in [-0.1, -0.05) is 25.3 Å². The Bertz CT molecular complexity index is 904. The van der Waals surface area contributed by atoms with Crippen LogP contribution in [-0.2, 0) is 19.8 Å². The number of hydrogen-bond donors (Lipinski definition) is 0. The van der Waals surface area contributed by atoms with Crippen LogP contribution in [0.15, 0.2) is 24.3 Å². The van der Waals surface area contributed by atoms with Gasteiger partial charge in [0.2, 0.25) is 6.79 Å². The van der Waals surface area contributed by atoms with E-state index in [9.17, 15) is 18.0 Å². The molecule has 0 bridgehead atoms. The predicted molar refractivity (Wildman–Crippen MR) is 97.5 cm³/mol. The molecule has 1 amide bonds. The molecule has 29 heavy (non-hydrogen) atoms. The summed E-state index contributed by atoms with van der Waals surface area (Å²) in [5, 5.41) is 3.49. The molecule has 0 radical (unpaired) electrons. The maximum absolute atomic E-state index is 13.3. The van der Waals surface area contributed by atoms with Gasteiger partial charge in [0.1, 0.15) is 5.69 Å². The van der Waals surface area contributed by atoms with Crippen molar-refractivity contribution in [1.82, 2.24) is 14.7 Å². The second kappa shape index (κ2) is 7.61. The SMILES string of the molecule is Cn1nc(C(F)(F)F)cc1C(=O)N(Cc1ccc2c(c1)OCO2)C1CCCCC1. The Morgan fingerprint density at radius 1 is 1.17 bits per heavy atom. The summed E-state index contributed by atoms with van der Waals surface area (Å²) in [4.78, 5) is 15.0. The number of benzene rings is 1. The van der Waals surface area contributed by atoms with Crippen molar-refractivity contribution >= 4 is 5.91 Å². The van der Waals surface area contributed by atoms with Gasteiger partial charge in [0.05, 0.1) is 0 Å². The zero-order valence-electron chi connectivity index (χ0n) is 16.0. The van der Waals surface area contributed by atoms with Crippen LogP contribution in [0.25, 0.3) is 0 Å². The number of alkyl halides is 3. The lowest BCUT2D eigenvalue weighted by atomic mass is 9.93. The Balaban J connectivity index is 1.63. The molecule has 1 aromatic carbocycles. The van der Waals surface area contributed by atoms with Crippen LogP contribution < -0.4 is 9.47 Å². The molecular weight excluding hydrogens is 387 g/mol. The van der Waals surface area contributed by atoms with E-state index in [1.807, 2.05) is 12.1 Å². The molecule has 1 aromatic heterocycles. The summed E-state index contributed by atoms with van der Waals surface area (Å²) in [6.45, 7) is 0.436. The molecule has 2 aliphatic rings. The molecule has 1 saturated carbocycles. The lowest BCUT2D eigenvalue weighted by Gasteiger charge is -2.34. The van der Waals surface area contributed by atoms with Gasteiger partial charge in [-0.05, 0) is 30.5 Å². The molecule has 0 unspecified atom stereocenters. The molecule has 0 saturated heterocycles. The van der Waals surface area contributed by atoms with Gasteiger partial charge in [-0.15, -0.1) is 0 Å². The number of hydrogen-bond acceptors (Lipinski definition) is 4. The molecule has 0 spiro atoms. The minimum Gasteiger partial charge on any atom is -0.454 e. The molecule has 156 valence electrons. The Kier molecular flexibility index (Phi) is 5.14. The number of carbonyl (C=O) groups is 1. The maximum atomic E-state index is 13.3. The van der Waals surface area contributed by atoms with Gasteiger partial charge >= 0.3 is 6.18 Å². The summed E-state index contributed by atoms with van der Waals surface area (Å²) >= 11 is 0. The molecule has 0 N–H and O–H groups in total. The van der Waals surface area contributed by atoms with Crippen LogP contribution in [0.4, 0.5) is 13.2 Å². The van der Waals surface area contributed by atoms with Crippen LogP contribution in [0.2, 0.25) is 0 Å². The first-order chi connectivity index (χ1) is 13.8. The predicted octanol–water partition coefficient (Wildman–Crippen LogP) is 4.14. The van der Waals surface area contributed by atoms with Crippen molar-refractivity contribution in [3.05, 3.63) is 41.2 Å². The van der Waals surface area contributed by atoms with Crippen LogP contribution in [0, 0.1) is 0 Å². The van der Waals surface area contributed by atoms with E-state index >= 15 is 0 Å². The molecule has 2 heterocycles. The van der Waals surface area contributed by atoms with Gasteiger partial charge in [-0.2, -0.15) is 18.3 Å². The zero-order chi connectivity index (χ0) is 20.6. The molecule has 1 fully saturated rings. The molecular formula is C20H22F3N3O3. The van der Waals surface area contributed by atoms with E-state index in [1.54, 1.807) is 11.0 Å². The number of rotatable bonds is 4. The second-order valence-electron chi connectivity index (χ2n) is 7.45. The van der Waals surface area contributed by atoms with Crippen LogP contribution >= 0.6 is 0 Å². The zero-order valence-corrected chi connectivity index (χ0v) is 16.0. The van der Waals surface area contributed by atoms with E-state index in [2.05, 4.69) is 5.10 Å². The van der Waals surface area contributed by atoms with Crippen LogP contribution in [-0.4, -0.2) is 33.4 Å². The lowest BCUT2D eigenvalue weighted by Crippen LogP contribution is -2.41. The van der Waals surface area contributed by atoms with Crippen LogP contribution in [0.1, 0.15) is 53.8 Å². The summed E-state index contributed by atoms with van der Waals surface area (Å²) < 4.78 is 50.9. The van der Waals surface area contributed by atoms with Gasteiger partial charge in [0.15, 0.2) is 17.2 Å². The maximum Gasteiger partial charge on any atom is 0.435 e. The number of ether oxygens (including phenoxy) is 2. The normalized spacial score (nSPS) is 16.8. The number of amides is 1. The van der Waals surface area contributed by atoms with Crippen molar-refractivity contribution in [2.45, 2.75) is 50.9 Å². The van der Waals surface area contributed by atoms with Gasteiger partial charge < -0.3 is 14.4 Å². The van der Waals surface area contributed by atoms with Crippen LogP contribution in [0.3, 0.4) is 0 Å². The highest BCUT2D eigenvalue weighted by molar-refractivity contribution is 5.93. The summed E-state index contributed by atoms with van der Waals surface area (Å²) in [5.74, 6) is 0.809. The minimum absolute atomic E-state index is 0.0223. The number of aromatic nitrogens is 2. The summed E-state index contributed by atoms with van der Waals surface area (Å²) in [5.41, 5.74) is -0.287. The van der Waals surface area contributed by atoms with Crippen molar-refractivity contribution in [3.63, 3.8) is 0 Å². The first-order valence-corrected chi connectivity index (χ1v) is 9.63. The average molecular weight is 409 g/mol. The van der Waals surface area contributed by atoms with Crippen molar-refractivity contribution in [1.29, 1.82) is 0 Å². The highest BCUT2D eigenvalue weighted by Gasteiger charge is 2.37. The van der Waals surface area contributed by atoms with Gasteiger partial charge in [0.25, 0.3) is 5.91 Å². The van der Waals surface area contributed by atoms with Crippen molar-refractivity contribution < 1.29 is 27.4 Å². The third kappa shape index (κ3) is 4.04. The van der Waals surface area contributed by atoms with E-state index < -0.39 is 17.8 Å². The summed E-state index contributed by atoms with van der Waals surface area (Å²) in [7, 11) is 1.36. The highest BCUT2D eigenvalue weighted by Crippen LogP contribution is 2.34. The quantitative estimate of drug-likeness (QED) is 0.762. The van der Waals surface area contributed by atoms with E-state index in [1.165, 1.54) is 7.05 Å². The fourth-order valence-corrected chi connectivity index (χ4v) is 3.95. The molecule has 1 aliphatic carbocycles. The summed E-state index contributed by atoms with van der Waals surface area (Å²) in [6.07, 6.45) is 0.167. The first kappa shape index (κ1) is 19.6. The molecule has 9 heteroatoms. The Hall–Kier alpha value is -2.71. The van der Waals surface area contributed by atoms with E-state index in [0.717, 1.165) is 48.4 Å². The van der Waals surface area contributed by atoms with Gasteiger partial charge in [-0.3, -0.25) is 9.48 Å². The van der Waals surface area contributed by atoms with E-state index in [-0.39, 0.29) is 25.1 Å². The third-order valence-corrected chi connectivity index (χ3v) is 5.46. The van der Waals surface area contributed by atoms with Crippen molar-refractivity contribution in [3.8, 4) is 11.5 Å². The molecule has 2 aromatic rings.